The van der Waals surface area contributed by atoms with Crippen molar-refractivity contribution in [2.75, 3.05) is 48.9 Å². The Morgan fingerprint density at radius 3 is 2.72 bits per heavy atom. The van der Waals surface area contributed by atoms with Crippen LogP contribution in [0.4, 0.5) is 11.4 Å². The molecule has 1 heterocycles. The number of nitrogens with zero attached hydrogens (tertiary/aromatic N) is 1. The van der Waals surface area contributed by atoms with Gasteiger partial charge in [0.05, 0.1) is 25.6 Å². The summed E-state index contributed by atoms with van der Waals surface area (Å²) < 4.78 is 36.8. The molecule has 0 aromatic heterocycles. The van der Waals surface area contributed by atoms with Crippen LogP contribution in [0.5, 0.6) is 0 Å². The maximum absolute atomic E-state index is 12.2. The lowest BCUT2D eigenvalue weighted by molar-refractivity contribution is -0.121. The third kappa shape index (κ3) is 5.42. The molecular weight excluding hydrogens is 344 g/mol. The van der Waals surface area contributed by atoms with Gasteiger partial charge in [-0.05, 0) is 30.2 Å². The Kier molecular flexibility index (Phi) is 6.80. The first-order chi connectivity index (χ1) is 11.8. The van der Waals surface area contributed by atoms with Crippen molar-refractivity contribution in [3.63, 3.8) is 0 Å². The Bertz CT molecular complexity index is 703. The van der Waals surface area contributed by atoms with Crippen molar-refractivity contribution in [1.82, 2.24) is 0 Å². The standard InChI is InChI=1S/C17H26N2O5S/c1-13(2)17(20)19-7-6-14-12-15(4-5-16(14)19)18-25(21,22)11-10-24-9-8-23-3/h4-5,12-13,18H,6-11H2,1-3H3. The van der Waals surface area contributed by atoms with Gasteiger partial charge in [0.1, 0.15) is 0 Å². The van der Waals surface area contributed by atoms with E-state index in [9.17, 15) is 13.2 Å². The predicted octanol–water partition coefficient (Wildman–Crippen LogP) is 1.64. The van der Waals surface area contributed by atoms with Gasteiger partial charge in [-0.15, -0.1) is 0 Å². The van der Waals surface area contributed by atoms with E-state index in [1.54, 1.807) is 30.2 Å². The van der Waals surface area contributed by atoms with Gasteiger partial charge in [-0.1, -0.05) is 13.8 Å². The van der Waals surface area contributed by atoms with Crippen molar-refractivity contribution in [2.45, 2.75) is 20.3 Å². The minimum atomic E-state index is -3.48. The first-order valence-corrected chi connectivity index (χ1v) is 10.0. The fourth-order valence-electron chi connectivity index (χ4n) is 2.65. The number of fused-ring (bicyclic) bond motifs is 1. The highest BCUT2D eigenvalue weighted by atomic mass is 32.2. The molecule has 0 fully saturated rings. The summed E-state index contributed by atoms with van der Waals surface area (Å²) in [5.41, 5.74) is 2.35. The van der Waals surface area contributed by atoms with Crippen LogP contribution in [0, 0.1) is 5.92 Å². The van der Waals surface area contributed by atoms with E-state index in [1.807, 2.05) is 13.8 Å². The molecule has 25 heavy (non-hydrogen) atoms. The van der Waals surface area contributed by atoms with Gasteiger partial charge in [0.15, 0.2) is 0 Å². The molecule has 8 heteroatoms. The Labute approximate surface area is 149 Å². The molecule has 1 aromatic carbocycles. The summed E-state index contributed by atoms with van der Waals surface area (Å²) in [4.78, 5) is 14.0. The second-order valence-corrected chi connectivity index (χ2v) is 8.11. The second kappa shape index (κ2) is 8.64. The number of nitrogens with one attached hydrogen (secondary N) is 1. The number of carbonyl (C=O) groups excluding carboxylic acids is 1. The molecule has 140 valence electrons. The van der Waals surface area contributed by atoms with Crippen molar-refractivity contribution in [2.24, 2.45) is 5.92 Å². The SMILES string of the molecule is COCCOCCS(=O)(=O)Nc1ccc2c(c1)CCN2C(=O)C(C)C. The zero-order valence-electron chi connectivity index (χ0n) is 14.9. The van der Waals surface area contributed by atoms with Crippen LogP contribution in [0.1, 0.15) is 19.4 Å². The number of anilines is 2. The lowest BCUT2D eigenvalue weighted by atomic mass is 10.1. The van der Waals surface area contributed by atoms with Crippen molar-refractivity contribution >= 4 is 27.3 Å². The normalized spacial score (nSPS) is 14.0. The summed E-state index contributed by atoms with van der Waals surface area (Å²) in [5.74, 6) is -0.103. The molecular formula is C17H26N2O5S. The molecule has 0 unspecified atom stereocenters. The predicted molar refractivity (Wildman–Crippen MR) is 97.4 cm³/mol. The van der Waals surface area contributed by atoms with Crippen molar-refractivity contribution in [1.29, 1.82) is 0 Å². The molecule has 1 aliphatic rings. The van der Waals surface area contributed by atoms with E-state index in [2.05, 4.69) is 4.72 Å². The van der Waals surface area contributed by atoms with Crippen molar-refractivity contribution in [3.05, 3.63) is 23.8 Å². The third-order valence-corrected chi connectivity index (χ3v) is 5.19. The van der Waals surface area contributed by atoms with Gasteiger partial charge in [-0.25, -0.2) is 8.42 Å². The molecule has 1 N–H and O–H groups in total. The molecule has 2 rings (SSSR count). The van der Waals surface area contributed by atoms with Gasteiger partial charge in [0.25, 0.3) is 0 Å². The number of rotatable bonds is 9. The summed E-state index contributed by atoms with van der Waals surface area (Å²) >= 11 is 0. The molecule has 1 amide bonds. The molecule has 0 bridgehead atoms. The Balaban J connectivity index is 1.97. The molecule has 0 aliphatic carbocycles. The summed E-state index contributed by atoms with van der Waals surface area (Å²) in [6, 6.07) is 5.29. The molecule has 0 spiro atoms. The largest absolute Gasteiger partial charge is 0.382 e. The molecule has 0 saturated heterocycles. The molecule has 0 atom stereocenters. The summed E-state index contributed by atoms with van der Waals surface area (Å²) in [5, 5.41) is 0. The number of ether oxygens (including phenoxy) is 2. The third-order valence-electron chi connectivity index (χ3n) is 3.94. The minimum absolute atomic E-state index is 0.0674. The highest BCUT2D eigenvalue weighted by molar-refractivity contribution is 7.92. The number of sulfonamides is 1. The minimum Gasteiger partial charge on any atom is -0.382 e. The Morgan fingerprint density at radius 2 is 2.04 bits per heavy atom. The average Bonchev–Trinajstić information content (AvgIpc) is 2.96. The lowest BCUT2D eigenvalue weighted by Crippen LogP contribution is -2.32. The van der Waals surface area contributed by atoms with Crippen LogP contribution in [-0.4, -0.2) is 53.6 Å². The topological polar surface area (TPSA) is 84.9 Å². The zero-order valence-corrected chi connectivity index (χ0v) is 15.8. The van der Waals surface area contributed by atoms with Gasteiger partial charge in [-0.3, -0.25) is 9.52 Å². The van der Waals surface area contributed by atoms with E-state index in [1.165, 1.54) is 0 Å². The number of carbonyl (C=O) groups is 1. The number of hydrogen-bond donors (Lipinski definition) is 1. The van der Waals surface area contributed by atoms with Crippen LogP contribution in [0.2, 0.25) is 0 Å². The molecule has 0 radical (unpaired) electrons. The van der Waals surface area contributed by atoms with Crippen LogP contribution in [-0.2, 0) is 30.7 Å². The zero-order chi connectivity index (χ0) is 18.4. The van der Waals surface area contributed by atoms with Gasteiger partial charge in [0, 0.05) is 30.9 Å². The van der Waals surface area contributed by atoms with E-state index in [0.29, 0.717) is 25.4 Å². The second-order valence-electron chi connectivity index (χ2n) is 6.26. The van der Waals surface area contributed by atoms with Crippen LogP contribution in [0.15, 0.2) is 18.2 Å². The maximum atomic E-state index is 12.2. The van der Waals surface area contributed by atoms with E-state index < -0.39 is 10.0 Å². The van der Waals surface area contributed by atoms with Crippen LogP contribution < -0.4 is 9.62 Å². The van der Waals surface area contributed by atoms with E-state index >= 15 is 0 Å². The quantitative estimate of drug-likeness (QED) is 0.668. The van der Waals surface area contributed by atoms with Gasteiger partial charge in [0.2, 0.25) is 15.9 Å². The van der Waals surface area contributed by atoms with Crippen LogP contribution in [0.3, 0.4) is 0 Å². The molecule has 1 aliphatic heterocycles. The monoisotopic (exact) mass is 370 g/mol. The summed E-state index contributed by atoms with van der Waals surface area (Å²) in [6.45, 7) is 5.29. The number of methoxy groups -OCH3 is 1. The van der Waals surface area contributed by atoms with Crippen LogP contribution >= 0.6 is 0 Å². The number of amides is 1. The molecule has 0 saturated carbocycles. The Hall–Kier alpha value is -1.64. The molecule has 7 nitrogen and oxygen atoms in total. The fourth-order valence-corrected chi connectivity index (χ4v) is 3.57. The van der Waals surface area contributed by atoms with E-state index in [0.717, 1.165) is 17.7 Å². The van der Waals surface area contributed by atoms with E-state index in [-0.39, 0.29) is 24.2 Å². The van der Waals surface area contributed by atoms with Gasteiger partial charge < -0.3 is 14.4 Å². The average molecular weight is 370 g/mol. The highest BCUT2D eigenvalue weighted by Crippen LogP contribution is 2.31. The highest BCUT2D eigenvalue weighted by Gasteiger charge is 2.26. The fraction of sp³-hybridized carbons (Fsp3) is 0.588. The Morgan fingerprint density at radius 1 is 1.28 bits per heavy atom. The lowest BCUT2D eigenvalue weighted by Gasteiger charge is -2.19. The van der Waals surface area contributed by atoms with Crippen LogP contribution in [0.25, 0.3) is 0 Å². The van der Waals surface area contributed by atoms with Crippen molar-refractivity contribution < 1.29 is 22.7 Å². The summed E-state index contributed by atoms with van der Waals surface area (Å²) in [6.07, 6.45) is 0.726. The number of benzene rings is 1. The number of hydrogen-bond acceptors (Lipinski definition) is 5. The first-order valence-electron chi connectivity index (χ1n) is 8.35. The smallest absolute Gasteiger partial charge is 0.234 e. The summed E-state index contributed by atoms with van der Waals surface area (Å²) in [7, 11) is -1.92. The van der Waals surface area contributed by atoms with Gasteiger partial charge in [-0.2, -0.15) is 0 Å². The van der Waals surface area contributed by atoms with Crippen molar-refractivity contribution in [3.8, 4) is 0 Å². The molecule has 1 aromatic rings. The first kappa shape index (κ1) is 19.7. The van der Waals surface area contributed by atoms with E-state index in [4.69, 9.17) is 9.47 Å². The maximum Gasteiger partial charge on any atom is 0.234 e. The van der Waals surface area contributed by atoms with Gasteiger partial charge >= 0.3 is 0 Å².